The lowest BCUT2D eigenvalue weighted by Crippen LogP contribution is -2.35. The summed E-state index contributed by atoms with van der Waals surface area (Å²) in [6.45, 7) is 6.22. The van der Waals surface area contributed by atoms with Gasteiger partial charge in [0.15, 0.2) is 0 Å². The monoisotopic (exact) mass is 507 g/mol. The lowest BCUT2D eigenvalue weighted by atomic mass is 9.86. The van der Waals surface area contributed by atoms with Crippen LogP contribution in [0.2, 0.25) is 5.02 Å². The van der Waals surface area contributed by atoms with E-state index in [2.05, 4.69) is 18.7 Å². The molecule has 36 heavy (non-hydrogen) atoms. The molecular weight excluding hydrogens is 477 g/mol. The summed E-state index contributed by atoms with van der Waals surface area (Å²) in [5.41, 5.74) is 4.88. The number of benzene rings is 3. The SMILES string of the molecule is CC1=C(c2cccc(Cl)c2)C(c2ccc(OC[C@H](C)N3CC[C@@H](CF)C3)cc2)Oc2ccc(O)cc21. The van der Waals surface area contributed by atoms with Gasteiger partial charge in [0.05, 0.1) is 6.67 Å². The maximum atomic E-state index is 13.0. The van der Waals surface area contributed by atoms with Gasteiger partial charge in [-0.05, 0) is 86.0 Å². The Hall–Kier alpha value is -3.02. The summed E-state index contributed by atoms with van der Waals surface area (Å²) in [5, 5.41) is 10.7. The number of halogens is 2. The van der Waals surface area contributed by atoms with Crippen molar-refractivity contribution in [3.05, 3.63) is 88.4 Å². The highest BCUT2D eigenvalue weighted by Crippen LogP contribution is 2.47. The van der Waals surface area contributed by atoms with Crippen LogP contribution >= 0.6 is 11.6 Å². The van der Waals surface area contributed by atoms with E-state index in [4.69, 9.17) is 21.1 Å². The van der Waals surface area contributed by atoms with Gasteiger partial charge in [0.2, 0.25) is 0 Å². The summed E-state index contributed by atoms with van der Waals surface area (Å²) in [5.74, 6) is 1.87. The Morgan fingerprint density at radius 3 is 2.67 bits per heavy atom. The summed E-state index contributed by atoms with van der Waals surface area (Å²) in [6, 6.07) is 21.2. The average molecular weight is 508 g/mol. The Morgan fingerprint density at radius 2 is 1.94 bits per heavy atom. The number of hydrogen-bond acceptors (Lipinski definition) is 4. The van der Waals surface area contributed by atoms with E-state index in [0.717, 1.165) is 58.8 Å². The van der Waals surface area contributed by atoms with Crippen LogP contribution in [-0.4, -0.2) is 42.4 Å². The maximum Gasteiger partial charge on any atom is 0.150 e. The lowest BCUT2D eigenvalue weighted by Gasteiger charge is -2.31. The van der Waals surface area contributed by atoms with Crippen molar-refractivity contribution in [1.82, 2.24) is 4.90 Å². The third-order valence-corrected chi connectivity index (χ3v) is 7.48. The number of allylic oxidation sites excluding steroid dienone is 1. The molecule has 0 spiro atoms. The summed E-state index contributed by atoms with van der Waals surface area (Å²) in [6.07, 6.45) is 0.581. The molecule has 1 unspecified atom stereocenters. The number of fused-ring (bicyclic) bond motifs is 1. The van der Waals surface area contributed by atoms with E-state index in [1.807, 2.05) is 48.5 Å². The first-order valence-corrected chi connectivity index (χ1v) is 12.8. The molecule has 3 aromatic rings. The molecule has 0 amide bonds. The van der Waals surface area contributed by atoms with Crippen molar-refractivity contribution in [2.24, 2.45) is 5.92 Å². The zero-order valence-corrected chi connectivity index (χ0v) is 21.3. The number of rotatable bonds is 7. The van der Waals surface area contributed by atoms with Gasteiger partial charge < -0.3 is 14.6 Å². The third-order valence-electron chi connectivity index (χ3n) is 7.25. The first kappa shape index (κ1) is 24.7. The maximum absolute atomic E-state index is 13.0. The number of ether oxygens (including phenoxy) is 2. The van der Waals surface area contributed by atoms with Gasteiger partial charge in [0.25, 0.3) is 0 Å². The Kier molecular flexibility index (Phi) is 7.22. The summed E-state index contributed by atoms with van der Waals surface area (Å²) >= 11 is 6.33. The van der Waals surface area contributed by atoms with E-state index < -0.39 is 0 Å². The van der Waals surface area contributed by atoms with Gasteiger partial charge in [-0.2, -0.15) is 0 Å². The Morgan fingerprint density at radius 1 is 1.14 bits per heavy atom. The lowest BCUT2D eigenvalue weighted by molar-refractivity contribution is 0.165. The first-order valence-electron chi connectivity index (χ1n) is 12.4. The zero-order chi connectivity index (χ0) is 25.2. The van der Waals surface area contributed by atoms with Gasteiger partial charge in [-0.1, -0.05) is 35.9 Å². The van der Waals surface area contributed by atoms with E-state index in [1.54, 1.807) is 18.2 Å². The highest BCUT2D eigenvalue weighted by Gasteiger charge is 2.30. The Labute approximate surface area is 216 Å². The normalized spacial score (nSPS) is 20.7. The first-order chi connectivity index (χ1) is 17.4. The van der Waals surface area contributed by atoms with Crippen LogP contribution in [0.3, 0.4) is 0 Å². The smallest absolute Gasteiger partial charge is 0.150 e. The van der Waals surface area contributed by atoms with Gasteiger partial charge in [0, 0.05) is 34.7 Å². The molecule has 2 aliphatic rings. The topological polar surface area (TPSA) is 41.9 Å². The van der Waals surface area contributed by atoms with Gasteiger partial charge in [0.1, 0.15) is 30.0 Å². The molecule has 6 heteroatoms. The van der Waals surface area contributed by atoms with E-state index in [0.29, 0.717) is 11.6 Å². The van der Waals surface area contributed by atoms with E-state index in [9.17, 15) is 9.50 Å². The predicted octanol–water partition coefficient (Wildman–Crippen LogP) is 7.17. The summed E-state index contributed by atoms with van der Waals surface area (Å²) < 4.78 is 25.5. The molecule has 2 aliphatic heterocycles. The van der Waals surface area contributed by atoms with Crippen molar-refractivity contribution in [3.8, 4) is 17.2 Å². The molecule has 188 valence electrons. The van der Waals surface area contributed by atoms with Crippen LogP contribution in [0.15, 0.2) is 66.7 Å². The minimum Gasteiger partial charge on any atom is -0.508 e. The Bertz CT molecular complexity index is 1260. The number of nitrogens with zero attached hydrogens (tertiary/aromatic N) is 1. The fourth-order valence-corrected chi connectivity index (χ4v) is 5.34. The molecule has 1 fully saturated rings. The minimum absolute atomic E-state index is 0.154. The zero-order valence-electron chi connectivity index (χ0n) is 20.6. The van der Waals surface area contributed by atoms with Crippen molar-refractivity contribution < 1.29 is 19.0 Å². The predicted molar refractivity (Wildman–Crippen MR) is 142 cm³/mol. The summed E-state index contributed by atoms with van der Waals surface area (Å²) in [4.78, 5) is 2.30. The third kappa shape index (κ3) is 5.09. The van der Waals surface area contributed by atoms with Crippen molar-refractivity contribution in [1.29, 1.82) is 0 Å². The fraction of sp³-hybridized carbons (Fsp3) is 0.333. The molecule has 0 radical (unpaired) electrons. The quantitative estimate of drug-likeness (QED) is 0.368. The highest BCUT2D eigenvalue weighted by molar-refractivity contribution is 6.30. The molecule has 0 saturated carbocycles. The number of phenols is 1. The van der Waals surface area contributed by atoms with Gasteiger partial charge in [-0.3, -0.25) is 9.29 Å². The largest absolute Gasteiger partial charge is 0.508 e. The molecule has 2 heterocycles. The van der Waals surface area contributed by atoms with Crippen LogP contribution in [0, 0.1) is 5.92 Å². The molecule has 5 rings (SSSR count). The average Bonchev–Trinajstić information content (AvgIpc) is 3.37. The Balaban J connectivity index is 1.38. The standard InChI is InChI=1S/C30H31ClFNO3/c1-19(33-13-12-21(16-32)17-33)18-35-26-9-6-22(7-10-26)30-29(23-4-3-5-24(31)14-23)20(2)27-15-25(34)8-11-28(27)36-30/h3-11,14-15,19,21,30,34H,12-13,16-18H2,1-2H3/t19-,21-,30?/m0/s1. The van der Waals surface area contributed by atoms with Crippen molar-refractivity contribution in [2.75, 3.05) is 26.4 Å². The molecule has 3 aromatic carbocycles. The second kappa shape index (κ2) is 10.5. The van der Waals surface area contributed by atoms with E-state index >= 15 is 0 Å². The number of hydrogen-bond donors (Lipinski definition) is 1. The molecule has 0 aromatic heterocycles. The second-order valence-corrected chi connectivity index (χ2v) is 10.2. The van der Waals surface area contributed by atoms with Gasteiger partial charge >= 0.3 is 0 Å². The van der Waals surface area contributed by atoms with Crippen LogP contribution in [0.5, 0.6) is 17.2 Å². The van der Waals surface area contributed by atoms with Gasteiger partial charge in [-0.15, -0.1) is 0 Å². The molecular formula is C30H31ClFNO3. The highest BCUT2D eigenvalue weighted by atomic mass is 35.5. The van der Waals surface area contributed by atoms with Crippen LogP contribution in [0.4, 0.5) is 4.39 Å². The van der Waals surface area contributed by atoms with Crippen LogP contribution in [-0.2, 0) is 0 Å². The molecule has 1 N–H and O–H groups in total. The summed E-state index contributed by atoms with van der Waals surface area (Å²) in [7, 11) is 0. The molecule has 0 aliphatic carbocycles. The van der Waals surface area contributed by atoms with E-state index in [-0.39, 0.29) is 30.5 Å². The molecule has 3 atom stereocenters. The molecule has 0 bridgehead atoms. The number of alkyl halides is 1. The van der Waals surface area contributed by atoms with Crippen molar-refractivity contribution in [2.45, 2.75) is 32.4 Å². The number of phenolic OH excluding ortho intramolecular Hbond substituents is 1. The minimum atomic E-state index is -0.337. The number of likely N-dealkylation sites (tertiary alicyclic amines) is 1. The molecule has 1 saturated heterocycles. The van der Waals surface area contributed by atoms with Crippen molar-refractivity contribution in [3.63, 3.8) is 0 Å². The van der Waals surface area contributed by atoms with Gasteiger partial charge in [-0.25, -0.2) is 0 Å². The molecule has 4 nitrogen and oxygen atoms in total. The van der Waals surface area contributed by atoms with Crippen LogP contribution < -0.4 is 9.47 Å². The number of aromatic hydroxyl groups is 1. The fourth-order valence-electron chi connectivity index (χ4n) is 5.15. The van der Waals surface area contributed by atoms with Crippen LogP contribution in [0.25, 0.3) is 11.1 Å². The van der Waals surface area contributed by atoms with Crippen molar-refractivity contribution >= 4 is 22.7 Å². The van der Waals surface area contributed by atoms with E-state index in [1.165, 1.54) is 0 Å². The second-order valence-electron chi connectivity index (χ2n) is 9.76. The van der Waals surface area contributed by atoms with Crippen LogP contribution in [0.1, 0.15) is 43.1 Å².